The number of ether oxygens (including phenoxy) is 1. The predicted octanol–water partition coefficient (Wildman–Crippen LogP) is 4.49. The second-order valence-corrected chi connectivity index (χ2v) is 9.75. The zero-order chi connectivity index (χ0) is 21.8. The van der Waals surface area contributed by atoms with Gasteiger partial charge in [0.2, 0.25) is 5.91 Å². The van der Waals surface area contributed by atoms with E-state index in [2.05, 4.69) is 15.3 Å². The first-order valence-electron chi connectivity index (χ1n) is 9.32. The van der Waals surface area contributed by atoms with Gasteiger partial charge in [-0.05, 0) is 54.6 Å². The summed E-state index contributed by atoms with van der Waals surface area (Å²) in [4.78, 5) is 19.9. The number of imidazole rings is 1. The number of aromatic nitrogens is 2. The standard InChI is InChI=1S/C22H19N3O4S2/c1-31(27,28)18-11-12-19-20(13-18)25-22(24-19)30-14-21(26)23-15-7-9-17(10-8-15)29-16-5-3-2-4-6-16/h2-13H,14H2,1H3,(H,23,26)(H,24,25). The molecule has 31 heavy (non-hydrogen) atoms. The van der Waals surface area contributed by atoms with E-state index in [-0.39, 0.29) is 16.6 Å². The van der Waals surface area contributed by atoms with E-state index >= 15 is 0 Å². The highest BCUT2D eigenvalue weighted by Crippen LogP contribution is 2.24. The van der Waals surface area contributed by atoms with Gasteiger partial charge >= 0.3 is 0 Å². The van der Waals surface area contributed by atoms with Crippen molar-refractivity contribution < 1.29 is 17.9 Å². The fourth-order valence-electron chi connectivity index (χ4n) is 2.82. The van der Waals surface area contributed by atoms with Gasteiger partial charge in [0.05, 0.1) is 21.7 Å². The SMILES string of the molecule is CS(=O)(=O)c1ccc2[nH]c(SCC(=O)Nc3ccc(Oc4ccccc4)cc3)nc2c1. The molecule has 0 unspecified atom stereocenters. The number of H-pyrrole nitrogens is 1. The molecule has 0 spiro atoms. The number of carbonyl (C=O) groups excluding carboxylic acids is 1. The summed E-state index contributed by atoms with van der Waals surface area (Å²) in [6.45, 7) is 0. The lowest BCUT2D eigenvalue weighted by Crippen LogP contribution is -2.13. The highest BCUT2D eigenvalue weighted by Gasteiger charge is 2.12. The molecule has 3 aromatic carbocycles. The third-order valence-corrected chi connectivity index (χ3v) is 6.30. The normalized spacial score (nSPS) is 11.4. The van der Waals surface area contributed by atoms with Crippen LogP contribution in [0.1, 0.15) is 0 Å². The molecule has 0 aliphatic rings. The van der Waals surface area contributed by atoms with Gasteiger partial charge in [0.15, 0.2) is 15.0 Å². The molecule has 1 aromatic heterocycles. The molecule has 1 heterocycles. The number of nitrogens with zero attached hydrogens (tertiary/aromatic N) is 1. The van der Waals surface area contributed by atoms with Gasteiger partial charge in [-0.15, -0.1) is 0 Å². The third kappa shape index (κ3) is 5.44. The molecule has 0 radical (unpaired) electrons. The predicted molar refractivity (Wildman–Crippen MR) is 122 cm³/mol. The van der Waals surface area contributed by atoms with Crippen LogP contribution in [0.5, 0.6) is 11.5 Å². The number of amides is 1. The van der Waals surface area contributed by atoms with Gasteiger partial charge in [-0.1, -0.05) is 30.0 Å². The van der Waals surface area contributed by atoms with E-state index in [0.717, 1.165) is 12.0 Å². The number of hydrogen-bond donors (Lipinski definition) is 2. The minimum absolute atomic E-state index is 0.154. The molecule has 0 atom stereocenters. The van der Waals surface area contributed by atoms with Crippen LogP contribution in [0.4, 0.5) is 5.69 Å². The van der Waals surface area contributed by atoms with Crippen LogP contribution in [0, 0.1) is 0 Å². The number of hydrogen-bond acceptors (Lipinski definition) is 6. The fraction of sp³-hybridized carbons (Fsp3) is 0.0909. The molecule has 9 heteroatoms. The van der Waals surface area contributed by atoms with Gasteiger partial charge in [0.1, 0.15) is 11.5 Å². The maximum atomic E-state index is 12.3. The number of thioether (sulfide) groups is 1. The fourth-order valence-corrected chi connectivity index (χ4v) is 4.15. The zero-order valence-corrected chi connectivity index (χ0v) is 18.2. The highest BCUT2D eigenvalue weighted by molar-refractivity contribution is 7.99. The molecular weight excluding hydrogens is 434 g/mol. The Morgan fingerprint density at radius 2 is 1.74 bits per heavy atom. The van der Waals surface area contributed by atoms with Crippen LogP contribution >= 0.6 is 11.8 Å². The van der Waals surface area contributed by atoms with Crippen molar-refractivity contribution in [2.75, 3.05) is 17.3 Å². The Labute approximate surface area is 183 Å². The van der Waals surface area contributed by atoms with Crippen LogP contribution in [-0.2, 0) is 14.6 Å². The first kappa shape index (κ1) is 21.0. The van der Waals surface area contributed by atoms with Crippen LogP contribution in [0.2, 0.25) is 0 Å². The second-order valence-electron chi connectivity index (χ2n) is 6.77. The van der Waals surface area contributed by atoms with Gasteiger partial charge in [0, 0.05) is 11.9 Å². The first-order valence-corrected chi connectivity index (χ1v) is 12.2. The Kier molecular flexibility index (Phi) is 5.97. The largest absolute Gasteiger partial charge is 0.457 e. The number of rotatable bonds is 7. The van der Waals surface area contributed by atoms with Crippen molar-refractivity contribution in [1.29, 1.82) is 0 Å². The summed E-state index contributed by atoms with van der Waals surface area (Å²) >= 11 is 1.24. The molecule has 0 saturated heterocycles. The Balaban J connectivity index is 1.33. The van der Waals surface area contributed by atoms with Crippen molar-refractivity contribution in [1.82, 2.24) is 9.97 Å². The van der Waals surface area contributed by atoms with E-state index in [4.69, 9.17) is 4.74 Å². The lowest BCUT2D eigenvalue weighted by molar-refractivity contribution is -0.113. The number of sulfone groups is 1. The quantitative estimate of drug-likeness (QED) is 0.400. The number of benzene rings is 3. The van der Waals surface area contributed by atoms with E-state index < -0.39 is 9.84 Å². The van der Waals surface area contributed by atoms with E-state index in [9.17, 15) is 13.2 Å². The summed E-state index contributed by atoms with van der Waals surface area (Å²) in [5, 5.41) is 3.37. The number of anilines is 1. The number of aromatic amines is 1. The Morgan fingerprint density at radius 3 is 2.45 bits per heavy atom. The van der Waals surface area contributed by atoms with Crippen LogP contribution < -0.4 is 10.1 Å². The molecule has 0 fully saturated rings. The number of para-hydroxylation sites is 1. The molecule has 0 saturated carbocycles. The van der Waals surface area contributed by atoms with E-state index in [1.54, 1.807) is 30.3 Å². The molecule has 0 bridgehead atoms. The van der Waals surface area contributed by atoms with Crippen molar-refractivity contribution in [3.63, 3.8) is 0 Å². The molecule has 0 aliphatic heterocycles. The summed E-state index contributed by atoms with van der Waals surface area (Å²) in [6, 6.07) is 21.3. The average Bonchev–Trinajstić information content (AvgIpc) is 3.16. The smallest absolute Gasteiger partial charge is 0.234 e. The van der Waals surface area contributed by atoms with Crippen LogP contribution in [0.15, 0.2) is 82.8 Å². The molecule has 4 aromatic rings. The Hall–Kier alpha value is -3.30. The monoisotopic (exact) mass is 453 g/mol. The minimum Gasteiger partial charge on any atom is -0.457 e. The molecule has 1 amide bonds. The zero-order valence-electron chi connectivity index (χ0n) is 16.5. The van der Waals surface area contributed by atoms with E-state index in [1.807, 2.05) is 30.3 Å². The summed E-state index contributed by atoms with van der Waals surface area (Å²) in [6.07, 6.45) is 1.15. The summed E-state index contributed by atoms with van der Waals surface area (Å²) in [7, 11) is -3.30. The topological polar surface area (TPSA) is 101 Å². The molecular formula is C22H19N3O4S2. The van der Waals surface area contributed by atoms with E-state index in [1.165, 1.54) is 23.9 Å². The van der Waals surface area contributed by atoms with Crippen molar-refractivity contribution in [2.24, 2.45) is 0 Å². The maximum Gasteiger partial charge on any atom is 0.234 e. The van der Waals surface area contributed by atoms with Crippen molar-refractivity contribution in [3.05, 3.63) is 72.8 Å². The molecule has 0 aliphatic carbocycles. The van der Waals surface area contributed by atoms with Crippen LogP contribution in [-0.4, -0.2) is 36.3 Å². The maximum absolute atomic E-state index is 12.3. The van der Waals surface area contributed by atoms with Gasteiger partial charge < -0.3 is 15.0 Å². The lowest BCUT2D eigenvalue weighted by atomic mass is 10.3. The van der Waals surface area contributed by atoms with Crippen molar-refractivity contribution >= 4 is 44.2 Å². The lowest BCUT2D eigenvalue weighted by Gasteiger charge is -2.07. The summed E-state index contributed by atoms with van der Waals surface area (Å²) < 4.78 is 29.1. The first-order chi connectivity index (χ1) is 14.9. The number of fused-ring (bicyclic) bond motifs is 1. The second kappa shape index (κ2) is 8.83. The average molecular weight is 454 g/mol. The summed E-state index contributed by atoms with van der Waals surface area (Å²) in [5.41, 5.74) is 1.91. The van der Waals surface area contributed by atoms with Crippen LogP contribution in [0.25, 0.3) is 11.0 Å². The van der Waals surface area contributed by atoms with Crippen LogP contribution in [0.3, 0.4) is 0 Å². The molecule has 158 valence electrons. The van der Waals surface area contributed by atoms with Gasteiger partial charge in [0.25, 0.3) is 0 Å². The third-order valence-electron chi connectivity index (χ3n) is 4.32. The van der Waals surface area contributed by atoms with Gasteiger partial charge in [-0.25, -0.2) is 13.4 Å². The number of nitrogens with one attached hydrogen (secondary N) is 2. The Morgan fingerprint density at radius 1 is 1.03 bits per heavy atom. The highest BCUT2D eigenvalue weighted by atomic mass is 32.2. The van der Waals surface area contributed by atoms with Crippen molar-refractivity contribution in [3.8, 4) is 11.5 Å². The Bertz CT molecular complexity index is 1320. The van der Waals surface area contributed by atoms with Gasteiger partial charge in [-0.3, -0.25) is 4.79 Å². The number of carbonyl (C=O) groups is 1. The molecule has 2 N–H and O–H groups in total. The van der Waals surface area contributed by atoms with Gasteiger partial charge in [-0.2, -0.15) is 0 Å². The minimum atomic E-state index is -3.30. The molecule has 4 rings (SSSR count). The molecule has 7 nitrogen and oxygen atoms in total. The summed E-state index contributed by atoms with van der Waals surface area (Å²) in [5.74, 6) is 1.39. The van der Waals surface area contributed by atoms with E-state index in [0.29, 0.717) is 27.6 Å². The van der Waals surface area contributed by atoms with Crippen molar-refractivity contribution in [2.45, 2.75) is 10.1 Å².